The second kappa shape index (κ2) is 7.98. The first-order valence-corrected chi connectivity index (χ1v) is 7.25. The second-order valence-corrected chi connectivity index (χ2v) is 5.56. The molecule has 0 aliphatic carbocycles. The average Bonchev–Trinajstić information content (AvgIpc) is 2.38. The Morgan fingerprint density at radius 1 is 1.32 bits per heavy atom. The molecule has 1 atom stereocenters. The lowest BCUT2D eigenvalue weighted by atomic mass is 9.91. The summed E-state index contributed by atoms with van der Waals surface area (Å²) < 4.78 is 4.95. The van der Waals surface area contributed by atoms with E-state index >= 15 is 0 Å². The summed E-state index contributed by atoms with van der Waals surface area (Å²) in [6.07, 6.45) is 4.07. The van der Waals surface area contributed by atoms with E-state index in [1.807, 2.05) is 6.07 Å². The summed E-state index contributed by atoms with van der Waals surface area (Å²) in [4.78, 5) is 11.9. The van der Waals surface area contributed by atoms with Gasteiger partial charge in [0.1, 0.15) is 0 Å². The Morgan fingerprint density at radius 2 is 2.05 bits per heavy atom. The smallest absolute Gasteiger partial charge is 0.313 e. The molecule has 0 heterocycles. The Balaban J connectivity index is 2.91. The Kier molecular flexibility index (Phi) is 6.61. The molecule has 0 saturated carbocycles. The molecular weight excluding hydrogens is 236 g/mol. The first-order chi connectivity index (χ1) is 9.08. The van der Waals surface area contributed by atoms with Gasteiger partial charge in [-0.15, -0.1) is 0 Å². The third-order valence-corrected chi connectivity index (χ3v) is 3.33. The van der Waals surface area contributed by atoms with Gasteiger partial charge in [0.15, 0.2) is 0 Å². The molecule has 0 saturated heterocycles. The quantitative estimate of drug-likeness (QED) is 0.684. The van der Waals surface area contributed by atoms with Gasteiger partial charge in [0.05, 0.1) is 13.0 Å². The number of hydrogen-bond acceptors (Lipinski definition) is 2. The van der Waals surface area contributed by atoms with Gasteiger partial charge < -0.3 is 4.74 Å². The van der Waals surface area contributed by atoms with E-state index in [2.05, 4.69) is 39.0 Å². The zero-order valence-corrected chi connectivity index (χ0v) is 12.6. The molecule has 19 heavy (non-hydrogen) atoms. The molecule has 1 aromatic rings. The zero-order valence-electron chi connectivity index (χ0n) is 12.6. The maximum absolute atomic E-state index is 11.9. The Labute approximate surface area is 117 Å². The zero-order chi connectivity index (χ0) is 14.3. The number of esters is 1. The third kappa shape index (κ3) is 5.06. The van der Waals surface area contributed by atoms with Crippen LogP contribution in [-0.2, 0) is 16.0 Å². The minimum Gasteiger partial charge on any atom is -0.469 e. The number of carbonyl (C=O) groups is 1. The second-order valence-electron chi connectivity index (χ2n) is 5.56. The van der Waals surface area contributed by atoms with Crippen molar-refractivity contribution >= 4 is 5.97 Å². The molecule has 1 rings (SSSR count). The van der Waals surface area contributed by atoms with Crippen LogP contribution in [0.25, 0.3) is 0 Å². The lowest BCUT2D eigenvalue weighted by molar-refractivity contribution is -0.142. The summed E-state index contributed by atoms with van der Waals surface area (Å²) in [5.41, 5.74) is 2.40. The van der Waals surface area contributed by atoms with E-state index in [-0.39, 0.29) is 11.9 Å². The van der Waals surface area contributed by atoms with Crippen LogP contribution < -0.4 is 0 Å². The molecule has 1 aromatic carbocycles. The van der Waals surface area contributed by atoms with Gasteiger partial charge in [-0.05, 0) is 29.9 Å². The SMILES string of the molecule is CCCCC(C(=O)OC)c1cccc(CC(C)C)c1. The van der Waals surface area contributed by atoms with Crippen LogP contribution in [0.4, 0.5) is 0 Å². The van der Waals surface area contributed by atoms with E-state index < -0.39 is 0 Å². The van der Waals surface area contributed by atoms with Crippen molar-refractivity contribution in [1.82, 2.24) is 0 Å². The van der Waals surface area contributed by atoms with E-state index in [0.717, 1.165) is 31.2 Å². The summed E-state index contributed by atoms with van der Waals surface area (Å²) in [6.45, 7) is 6.56. The summed E-state index contributed by atoms with van der Waals surface area (Å²) in [7, 11) is 1.47. The molecule has 0 aliphatic rings. The van der Waals surface area contributed by atoms with Gasteiger partial charge in [0, 0.05) is 0 Å². The van der Waals surface area contributed by atoms with Crippen LogP contribution in [0.1, 0.15) is 57.1 Å². The van der Waals surface area contributed by atoms with E-state index in [4.69, 9.17) is 4.74 Å². The molecule has 0 aliphatic heterocycles. The Hall–Kier alpha value is -1.31. The van der Waals surface area contributed by atoms with E-state index in [1.165, 1.54) is 12.7 Å². The maximum Gasteiger partial charge on any atom is 0.313 e. The number of ether oxygens (including phenoxy) is 1. The van der Waals surface area contributed by atoms with Crippen molar-refractivity contribution < 1.29 is 9.53 Å². The van der Waals surface area contributed by atoms with Gasteiger partial charge in [0.2, 0.25) is 0 Å². The lowest BCUT2D eigenvalue weighted by Gasteiger charge is -2.16. The minimum atomic E-state index is -0.116. The van der Waals surface area contributed by atoms with E-state index in [0.29, 0.717) is 5.92 Å². The third-order valence-electron chi connectivity index (χ3n) is 3.33. The monoisotopic (exact) mass is 262 g/mol. The molecule has 2 heteroatoms. The fourth-order valence-electron chi connectivity index (χ4n) is 2.38. The van der Waals surface area contributed by atoms with Crippen molar-refractivity contribution in [2.45, 2.75) is 52.4 Å². The molecule has 0 bridgehead atoms. The van der Waals surface area contributed by atoms with Gasteiger partial charge in [-0.1, -0.05) is 57.9 Å². The van der Waals surface area contributed by atoms with Crippen LogP contribution >= 0.6 is 0 Å². The van der Waals surface area contributed by atoms with Crippen LogP contribution in [-0.4, -0.2) is 13.1 Å². The first kappa shape index (κ1) is 15.7. The van der Waals surface area contributed by atoms with Crippen LogP contribution in [0.5, 0.6) is 0 Å². The lowest BCUT2D eigenvalue weighted by Crippen LogP contribution is -2.14. The summed E-state index contributed by atoms with van der Waals surface area (Å²) in [6, 6.07) is 8.39. The van der Waals surface area contributed by atoms with Gasteiger partial charge in [-0.3, -0.25) is 4.79 Å². The summed E-state index contributed by atoms with van der Waals surface area (Å²) >= 11 is 0. The number of unbranched alkanes of at least 4 members (excludes halogenated alkanes) is 1. The van der Waals surface area contributed by atoms with Crippen LogP contribution in [0, 0.1) is 5.92 Å². The Bertz CT molecular complexity index is 396. The maximum atomic E-state index is 11.9. The fraction of sp³-hybridized carbons (Fsp3) is 0.588. The standard InChI is InChI=1S/C17H26O2/c1-5-6-10-16(17(18)19-4)15-9-7-8-14(12-15)11-13(2)3/h7-9,12-13,16H,5-6,10-11H2,1-4H3. The van der Waals surface area contributed by atoms with Crippen LogP contribution in [0.3, 0.4) is 0 Å². The highest BCUT2D eigenvalue weighted by atomic mass is 16.5. The van der Waals surface area contributed by atoms with Crippen molar-refractivity contribution in [3.05, 3.63) is 35.4 Å². The van der Waals surface area contributed by atoms with Crippen molar-refractivity contribution in [1.29, 1.82) is 0 Å². The normalized spacial score (nSPS) is 12.5. The molecular formula is C17H26O2. The van der Waals surface area contributed by atoms with E-state index in [9.17, 15) is 4.79 Å². The van der Waals surface area contributed by atoms with Gasteiger partial charge in [0.25, 0.3) is 0 Å². The van der Waals surface area contributed by atoms with Crippen molar-refractivity contribution in [2.24, 2.45) is 5.92 Å². The van der Waals surface area contributed by atoms with E-state index in [1.54, 1.807) is 0 Å². The van der Waals surface area contributed by atoms with Crippen molar-refractivity contribution in [2.75, 3.05) is 7.11 Å². The van der Waals surface area contributed by atoms with Gasteiger partial charge in [-0.25, -0.2) is 0 Å². The molecule has 0 radical (unpaired) electrons. The molecule has 0 amide bonds. The largest absolute Gasteiger partial charge is 0.469 e. The molecule has 0 aromatic heterocycles. The molecule has 2 nitrogen and oxygen atoms in total. The Morgan fingerprint density at radius 3 is 2.63 bits per heavy atom. The van der Waals surface area contributed by atoms with Crippen molar-refractivity contribution in [3.8, 4) is 0 Å². The van der Waals surface area contributed by atoms with Gasteiger partial charge in [-0.2, -0.15) is 0 Å². The highest BCUT2D eigenvalue weighted by molar-refractivity contribution is 5.78. The molecule has 0 fully saturated rings. The first-order valence-electron chi connectivity index (χ1n) is 7.25. The van der Waals surface area contributed by atoms with Crippen LogP contribution in [0.2, 0.25) is 0 Å². The average molecular weight is 262 g/mol. The highest BCUT2D eigenvalue weighted by Gasteiger charge is 2.20. The predicted octanol–water partition coefficient (Wildman–Crippen LogP) is 4.33. The number of hydrogen-bond donors (Lipinski definition) is 0. The summed E-state index contributed by atoms with van der Waals surface area (Å²) in [5.74, 6) is 0.398. The molecule has 1 unspecified atom stereocenters. The number of benzene rings is 1. The molecule has 0 N–H and O–H groups in total. The molecule has 106 valence electrons. The predicted molar refractivity (Wildman–Crippen MR) is 79.3 cm³/mol. The van der Waals surface area contributed by atoms with Crippen LogP contribution in [0.15, 0.2) is 24.3 Å². The highest BCUT2D eigenvalue weighted by Crippen LogP contribution is 2.25. The number of carbonyl (C=O) groups excluding carboxylic acids is 1. The molecule has 0 spiro atoms. The topological polar surface area (TPSA) is 26.3 Å². The minimum absolute atomic E-state index is 0.114. The summed E-state index contributed by atoms with van der Waals surface area (Å²) in [5, 5.41) is 0. The van der Waals surface area contributed by atoms with Crippen molar-refractivity contribution in [3.63, 3.8) is 0 Å². The van der Waals surface area contributed by atoms with Gasteiger partial charge >= 0.3 is 5.97 Å². The fourth-order valence-corrected chi connectivity index (χ4v) is 2.38. The number of methoxy groups -OCH3 is 1. The number of rotatable bonds is 7.